The van der Waals surface area contributed by atoms with Gasteiger partial charge in [-0.2, -0.15) is 8.42 Å². The Labute approximate surface area is 132 Å². The minimum Gasteiger partial charge on any atom is -0.390 e. The van der Waals surface area contributed by atoms with Crippen LogP contribution in [0.1, 0.15) is 0 Å². The molecule has 3 N–H and O–H groups in total. The highest BCUT2D eigenvalue weighted by Gasteiger charge is 2.54. The van der Waals surface area contributed by atoms with Crippen molar-refractivity contribution in [3.8, 4) is 0 Å². The fraction of sp³-hybridized carbons (Fsp3) is 1.00. The molecule has 1 aliphatic rings. The highest BCUT2D eigenvalue weighted by molar-refractivity contribution is 7.80. The zero-order valence-corrected chi connectivity index (χ0v) is 14.6. The minimum atomic E-state index is -4.73. The van der Waals surface area contributed by atoms with Crippen LogP contribution < -0.4 is 0 Å². The molecule has 0 bridgehead atoms. The van der Waals surface area contributed by atoms with E-state index < -0.39 is 46.8 Å². The average molecular weight is 341 g/mol. The lowest BCUT2D eigenvalue weighted by Gasteiger charge is -2.52. The lowest BCUT2D eigenvalue weighted by atomic mass is 9.78. The summed E-state index contributed by atoms with van der Waals surface area (Å²) in [7, 11) is 5.40. The molecule has 0 spiro atoms. The number of rotatable bonds is 5. The van der Waals surface area contributed by atoms with Gasteiger partial charge in [-0.15, -0.1) is 0 Å². The molecule has 4 atom stereocenters. The molecular weight excluding hydrogens is 314 g/mol. The van der Waals surface area contributed by atoms with Gasteiger partial charge in [-0.1, -0.05) is 0 Å². The van der Waals surface area contributed by atoms with Crippen LogP contribution in [0.4, 0.5) is 0 Å². The summed E-state index contributed by atoms with van der Waals surface area (Å²) >= 11 is 0. The van der Waals surface area contributed by atoms with Crippen molar-refractivity contribution in [2.24, 2.45) is 0 Å². The molecule has 0 saturated heterocycles. The quantitative estimate of drug-likeness (QED) is 0.475. The molecule has 1 fully saturated rings. The normalized spacial score (nSPS) is 37.3. The Morgan fingerprint density at radius 1 is 0.773 bits per heavy atom. The van der Waals surface area contributed by atoms with E-state index in [1.54, 1.807) is 57.0 Å². The van der Waals surface area contributed by atoms with Crippen LogP contribution >= 0.6 is 0 Å². The van der Waals surface area contributed by atoms with Gasteiger partial charge in [0.05, 0.1) is 30.3 Å². The Hall–Kier alpha value is -0.330. The standard InChI is InChI=1S/C12H27N3O6S/c1-13(2)7-10(16)8(14(3)4)12(21-22(18,19)20)9(11(7)17)15(5)6/h7-12,16-17H,1-6H3,(H,18,19,20). The number of hydrogen-bond donors (Lipinski definition) is 3. The molecule has 9 nitrogen and oxygen atoms in total. The van der Waals surface area contributed by atoms with Gasteiger partial charge in [-0.25, -0.2) is 4.18 Å². The molecule has 0 heterocycles. The molecule has 0 aromatic heterocycles. The molecule has 0 radical (unpaired) electrons. The Morgan fingerprint density at radius 3 is 1.32 bits per heavy atom. The Kier molecular flexibility index (Phi) is 6.32. The molecule has 4 unspecified atom stereocenters. The van der Waals surface area contributed by atoms with Crippen LogP contribution in [0, 0.1) is 0 Å². The molecular formula is C12H27N3O6S. The third-order valence-corrected chi connectivity index (χ3v) is 4.56. The molecule has 10 heteroatoms. The van der Waals surface area contributed by atoms with Gasteiger partial charge in [0.2, 0.25) is 0 Å². The topological polar surface area (TPSA) is 114 Å². The highest BCUT2D eigenvalue weighted by atomic mass is 32.3. The van der Waals surface area contributed by atoms with E-state index in [2.05, 4.69) is 0 Å². The SMILES string of the molecule is CN(C)C1C(O)C(N(C)C)C(OS(=O)(=O)O)C(N(C)C)C1O. The third kappa shape index (κ3) is 4.15. The number of nitrogens with zero attached hydrogens (tertiary/aromatic N) is 3. The molecule has 0 amide bonds. The first kappa shape index (κ1) is 19.7. The van der Waals surface area contributed by atoms with E-state index >= 15 is 0 Å². The number of aliphatic hydroxyl groups is 2. The maximum absolute atomic E-state index is 11.2. The van der Waals surface area contributed by atoms with E-state index in [9.17, 15) is 18.6 Å². The third-order valence-electron chi connectivity index (χ3n) is 4.09. The van der Waals surface area contributed by atoms with Gasteiger partial charge in [-0.05, 0) is 42.3 Å². The summed E-state index contributed by atoms with van der Waals surface area (Å²) in [6.45, 7) is 0. The van der Waals surface area contributed by atoms with Crippen LogP contribution in [0.25, 0.3) is 0 Å². The van der Waals surface area contributed by atoms with Crippen molar-refractivity contribution in [1.82, 2.24) is 14.7 Å². The first-order valence-corrected chi connectivity index (χ1v) is 8.26. The van der Waals surface area contributed by atoms with E-state index in [0.29, 0.717) is 0 Å². The predicted molar refractivity (Wildman–Crippen MR) is 80.9 cm³/mol. The number of likely N-dealkylation sites (N-methyl/N-ethyl adjacent to an activating group) is 3. The number of hydrogen-bond acceptors (Lipinski definition) is 8. The zero-order valence-electron chi connectivity index (χ0n) is 13.8. The van der Waals surface area contributed by atoms with Gasteiger partial charge in [0, 0.05) is 0 Å². The van der Waals surface area contributed by atoms with E-state index in [0.717, 1.165) is 0 Å². The van der Waals surface area contributed by atoms with Crippen molar-refractivity contribution in [3.05, 3.63) is 0 Å². The summed E-state index contributed by atoms with van der Waals surface area (Å²) in [6, 6.07) is -2.07. The fourth-order valence-corrected chi connectivity index (χ4v) is 3.77. The molecule has 0 aromatic rings. The van der Waals surface area contributed by atoms with Crippen molar-refractivity contribution in [1.29, 1.82) is 0 Å². The highest BCUT2D eigenvalue weighted by Crippen LogP contribution is 2.31. The first-order chi connectivity index (χ1) is 9.88. The second-order valence-corrected chi connectivity index (χ2v) is 7.38. The zero-order chi connectivity index (χ0) is 17.4. The molecule has 132 valence electrons. The average Bonchev–Trinajstić information content (AvgIpc) is 2.23. The molecule has 1 saturated carbocycles. The molecule has 1 rings (SSSR count). The van der Waals surface area contributed by atoms with E-state index in [-0.39, 0.29) is 0 Å². The largest absolute Gasteiger partial charge is 0.397 e. The Bertz CT molecular complexity index is 447. The maximum atomic E-state index is 11.2. The lowest BCUT2D eigenvalue weighted by molar-refractivity contribution is -0.153. The van der Waals surface area contributed by atoms with Crippen molar-refractivity contribution >= 4 is 10.4 Å². The monoisotopic (exact) mass is 341 g/mol. The van der Waals surface area contributed by atoms with E-state index in [1.807, 2.05) is 0 Å². The number of aliphatic hydroxyl groups excluding tert-OH is 2. The van der Waals surface area contributed by atoms with E-state index in [1.165, 1.54) is 0 Å². The summed E-state index contributed by atoms with van der Waals surface area (Å²) in [6.07, 6.45) is -3.26. The van der Waals surface area contributed by atoms with Gasteiger partial charge >= 0.3 is 10.4 Å². The minimum absolute atomic E-state index is 0.610. The van der Waals surface area contributed by atoms with Gasteiger partial charge < -0.3 is 24.9 Å². The second kappa shape index (κ2) is 7.05. The Balaban J connectivity index is 3.34. The summed E-state index contributed by atoms with van der Waals surface area (Å²) < 4.78 is 36.2. The van der Waals surface area contributed by atoms with Crippen molar-refractivity contribution < 1.29 is 27.4 Å². The summed E-state index contributed by atoms with van der Waals surface area (Å²) in [5.74, 6) is 0. The maximum Gasteiger partial charge on any atom is 0.397 e. The van der Waals surface area contributed by atoms with Crippen LogP contribution in [0.3, 0.4) is 0 Å². The van der Waals surface area contributed by atoms with Crippen LogP contribution in [0.15, 0.2) is 0 Å². The fourth-order valence-electron chi connectivity index (χ4n) is 3.26. The first-order valence-electron chi connectivity index (χ1n) is 6.89. The van der Waals surface area contributed by atoms with Crippen LogP contribution in [-0.2, 0) is 14.6 Å². The lowest BCUT2D eigenvalue weighted by Crippen LogP contribution is -2.73. The van der Waals surface area contributed by atoms with Crippen LogP contribution in [-0.4, -0.2) is 117 Å². The van der Waals surface area contributed by atoms with Crippen molar-refractivity contribution in [2.75, 3.05) is 42.3 Å². The van der Waals surface area contributed by atoms with Gasteiger partial charge in [0.25, 0.3) is 0 Å². The second-order valence-electron chi connectivity index (χ2n) is 6.33. The summed E-state index contributed by atoms with van der Waals surface area (Å²) in [5.41, 5.74) is 0. The molecule has 0 aromatic carbocycles. The van der Waals surface area contributed by atoms with Crippen molar-refractivity contribution in [3.63, 3.8) is 0 Å². The van der Waals surface area contributed by atoms with E-state index in [4.69, 9.17) is 8.74 Å². The summed E-state index contributed by atoms with van der Waals surface area (Å²) in [4.78, 5) is 4.94. The van der Waals surface area contributed by atoms with Gasteiger partial charge in [-0.3, -0.25) is 4.55 Å². The Morgan fingerprint density at radius 2 is 1.09 bits per heavy atom. The van der Waals surface area contributed by atoms with Crippen molar-refractivity contribution in [2.45, 2.75) is 36.4 Å². The van der Waals surface area contributed by atoms with Crippen LogP contribution in [0.5, 0.6) is 0 Å². The molecule has 0 aliphatic heterocycles. The molecule has 1 aliphatic carbocycles. The van der Waals surface area contributed by atoms with Gasteiger partial charge in [0.1, 0.15) is 6.10 Å². The summed E-state index contributed by atoms with van der Waals surface area (Å²) in [5, 5.41) is 21.2. The predicted octanol–water partition coefficient (Wildman–Crippen LogP) is -2.30. The smallest absolute Gasteiger partial charge is 0.390 e. The van der Waals surface area contributed by atoms with Crippen LogP contribution in [0.2, 0.25) is 0 Å². The van der Waals surface area contributed by atoms with Gasteiger partial charge in [0.15, 0.2) is 0 Å². The molecule has 22 heavy (non-hydrogen) atoms.